The Kier molecular flexibility index (Phi) is 6.82. The first-order chi connectivity index (χ1) is 18.7. The molecule has 2 aromatic carbocycles. The van der Waals surface area contributed by atoms with Gasteiger partial charge in [0.2, 0.25) is 0 Å². The summed E-state index contributed by atoms with van der Waals surface area (Å²) >= 11 is 0. The van der Waals surface area contributed by atoms with Crippen LogP contribution in [0.5, 0.6) is 0 Å². The van der Waals surface area contributed by atoms with Gasteiger partial charge in [0.25, 0.3) is 0 Å². The first-order valence-corrected chi connectivity index (χ1v) is 16.4. The Balaban J connectivity index is 1.51. The van der Waals surface area contributed by atoms with Crippen molar-refractivity contribution < 1.29 is 26.7 Å². The van der Waals surface area contributed by atoms with Crippen molar-refractivity contribution >= 4 is 36.5 Å². The first kappa shape index (κ1) is 27.9. The first-order valence-electron chi connectivity index (χ1n) is 12.8. The van der Waals surface area contributed by atoms with Crippen LogP contribution in [-0.4, -0.2) is 49.9 Å². The van der Waals surface area contributed by atoms with Crippen LogP contribution in [0.2, 0.25) is 0 Å². The largest absolute Gasteiger partial charge is 0.481 e. The van der Waals surface area contributed by atoms with E-state index in [-0.39, 0.29) is 17.2 Å². The van der Waals surface area contributed by atoms with Crippen LogP contribution in [0.4, 0.5) is 0 Å². The highest BCUT2D eigenvalue weighted by molar-refractivity contribution is 7.91. The molecule has 40 heavy (non-hydrogen) atoms. The summed E-state index contributed by atoms with van der Waals surface area (Å²) in [6.45, 7) is 3.38. The molecule has 0 radical (unpaired) electrons. The normalized spacial score (nSPS) is 15.2. The molecule has 2 aromatic heterocycles. The predicted octanol–water partition coefficient (Wildman–Crippen LogP) is 5.27. The van der Waals surface area contributed by atoms with Crippen LogP contribution in [0, 0.1) is 5.41 Å². The summed E-state index contributed by atoms with van der Waals surface area (Å²) in [4.78, 5) is 20.0. The molecule has 2 heterocycles. The molecule has 0 atom stereocenters. The minimum absolute atomic E-state index is 0.0741. The number of nitrogens with zero attached hydrogens (tertiary/aromatic N) is 2. The minimum Gasteiger partial charge on any atom is -0.481 e. The van der Waals surface area contributed by atoms with E-state index in [1.54, 1.807) is 26.1 Å². The number of hydrogen-bond donors (Lipinski definition) is 1. The second-order valence-electron chi connectivity index (χ2n) is 11.2. The van der Waals surface area contributed by atoms with Crippen LogP contribution in [0.25, 0.3) is 33.2 Å². The van der Waals surface area contributed by atoms with Gasteiger partial charge in [0.15, 0.2) is 24.7 Å². The third kappa shape index (κ3) is 5.38. The molecule has 1 saturated carbocycles. The quantitative estimate of drug-likeness (QED) is 0.284. The zero-order valence-corrected chi connectivity index (χ0v) is 24.1. The van der Waals surface area contributed by atoms with Crippen LogP contribution in [0.1, 0.15) is 38.7 Å². The number of carboxylic acids is 1. The molecule has 5 rings (SSSR count). The highest BCUT2D eigenvalue weighted by Gasteiger charge is 2.48. The van der Waals surface area contributed by atoms with Crippen LogP contribution >= 0.6 is 0 Å². The summed E-state index contributed by atoms with van der Waals surface area (Å²) in [5.74, 6) is -1.22. The lowest BCUT2D eigenvalue weighted by Crippen LogP contribution is -2.28. The van der Waals surface area contributed by atoms with Gasteiger partial charge >= 0.3 is 5.97 Å². The summed E-state index contributed by atoms with van der Waals surface area (Å²) in [5.41, 5.74) is 3.82. The summed E-state index contributed by atoms with van der Waals surface area (Å²) in [5, 5.41) is 9.88. The van der Waals surface area contributed by atoms with Crippen molar-refractivity contribution in [2.45, 2.75) is 42.9 Å². The highest BCUT2D eigenvalue weighted by Crippen LogP contribution is 2.50. The van der Waals surface area contributed by atoms with Gasteiger partial charge in [0.1, 0.15) is 0 Å². The third-order valence-electron chi connectivity index (χ3n) is 7.87. The number of hydrogen-bond acceptors (Lipinski definition) is 7. The van der Waals surface area contributed by atoms with Gasteiger partial charge < -0.3 is 5.11 Å². The molecule has 0 unspecified atom stereocenters. The molecule has 1 aliphatic rings. The zero-order chi connectivity index (χ0) is 28.9. The Labute approximate surface area is 234 Å². The maximum atomic E-state index is 13.0. The van der Waals surface area contributed by atoms with Gasteiger partial charge in [-0.05, 0) is 85.2 Å². The molecule has 1 aliphatic carbocycles. The topological polar surface area (TPSA) is 131 Å². The van der Waals surface area contributed by atoms with Crippen molar-refractivity contribution in [1.29, 1.82) is 0 Å². The molecule has 0 spiro atoms. The predicted molar refractivity (Wildman–Crippen MR) is 154 cm³/mol. The molecule has 0 bridgehead atoms. The average molecular weight is 579 g/mol. The molecule has 4 aromatic rings. The molecule has 1 fully saturated rings. The lowest BCUT2D eigenvalue weighted by atomic mass is 9.92. The number of benzene rings is 2. The van der Waals surface area contributed by atoms with Gasteiger partial charge in [-0.3, -0.25) is 9.78 Å². The van der Waals surface area contributed by atoms with Crippen LogP contribution in [0.15, 0.2) is 78.1 Å². The maximum absolute atomic E-state index is 13.0. The van der Waals surface area contributed by atoms with E-state index in [2.05, 4.69) is 9.97 Å². The molecule has 8 nitrogen and oxygen atoms in total. The van der Waals surface area contributed by atoms with E-state index in [9.17, 15) is 21.6 Å². The van der Waals surface area contributed by atoms with E-state index in [1.807, 2.05) is 48.5 Å². The Hall–Kier alpha value is -3.63. The summed E-state index contributed by atoms with van der Waals surface area (Å²) in [6, 6.07) is 18.2. The lowest BCUT2D eigenvalue weighted by Gasteiger charge is -2.24. The van der Waals surface area contributed by atoms with Gasteiger partial charge in [0, 0.05) is 35.2 Å². The van der Waals surface area contributed by atoms with Gasteiger partial charge in [-0.25, -0.2) is 21.8 Å². The average Bonchev–Trinajstić information content (AvgIpc) is 3.64. The van der Waals surface area contributed by atoms with Crippen LogP contribution in [-0.2, 0) is 29.2 Å². The van der Waals surface area contributed by atoms with E-state index in [0.29, 0.717) is 24.0 Å². The maximum Gasteiger partial charge on any atom is 0.303 e. The van der Waals surface area contributed by atoms with Crippen molar-refractivity contribution in [1.82, 2.24) is 9.97 Å². The van der Waals surface area contributed by atoms with Gasteiger partial charge in [-0.2, -0.15) is 0 Å². The highest BCUT2D eigenvalue weighted by atomic mass is 32.2. The molecular weight excluding hydrogens is 548 g/mol. The third-order valence-corrected chi connectivity index (χ3v) is 11.8. The SMILES string of the molecule is CC(C)(c1cc(-c2cccc(-c3ccc(S(=O)(=O)CC4(CC(=O)O)CC4)nc3)c2)c2ncccc2c1)S(C)(=O)=O. The van der Waals surface area contributed by atoms with Gasteiger partial charge in [0.05, 0.1) is 22.4 Å². The number of carbonyl (C=O) groups is 1. The van der Waals surface area contributed by atoms with Crippen molar-refractivity contribution in [2.24, 2.45) is 5.41 Å². The van der Waals surface area contributed by atoms with Crippen molar-refractivity contribution in [3.05, 3.63) is 78.6 Å². The second-order valence-corrected chi connectivity index (χ2v) is 15.7. The number of pyridine rings is 2. The number of rotatable bonds is 9. The van der Waals surface area contributed by atoms with Crippen molar-refractivity contribution in [3.8, 4) is 22.3 Å². The fourth-order valence-corrected chi connectivity index (χ4v) is 7.30. The minimum atomic E-state index is -3.74. The van der Waals surface area contributed by atoms with Crippen LogP contribution < -0.4 is 0 Å². The van der Waals surface area contributed by atoms with E-state index in [4.69, 9.17) is 5.11 Å². The Morgan fingerprint density at radius 2 is 1.65 bits per heavy atom. The molecular formula is C30H30N2O6S2. The summed E-state index contributed by atoms with van der Waals surface area (Å²) in [7, 11) is -7.15. The van der Waals surface area contributed by atoms with Crippen LogP contribution in [0.3, 0.4) is 0 Å². The molecule has 208 valence electrons. The molecule has 1 N–H and O–H groups in total. The van der Waals surface area contributed by atoms with Crippen molar-refractivity contribution in [3.63, 3.8) is 0 Å². The summed E-state index contributed by atoms with van der Waals surface area (Å²) in [6.07, 6.45) is 5.42. The molecule has 10 heteroatoms. The number of fused-ring (bicyclic) bond motifs is 1. The fraction of sp³-hybridized carbons (Fsp3) is 0.300. The van der Waals surface area contributed by atoms with Gasteiger partial charge in [-0.15, -0.1) is 0 Å². The molecule has 0 saturated heterocycles. The number of carboxylic acid groups (broad SMARTS) is 1. The number of sulfone groups is 2. The second kappa shape index (κ2) is 9.78. The summed E-state index contributed by atoms with van der Waals surface area (Å²) < 4.78 is 50.0. The lowest BCUT2D eigenvalue weighted by molar-refractivity contribution is -0.138. The Bertz CT molecular complexity index is 1840. The van der Waals surface area contributed by atoms with Gasteiger partial charge in [-0.1, -0.05) is 24.3 Å². The monoisotopic (exact) mass is 578 g/mol. The van der Waals surface area contributed by atoms with E-state index >= 15 is 0 Å². The fourth-order valence-electron chi connectivity index (χ4n) is 4.92. The van der Waals surface area contributed by atoms with E-state index in [0.717, 1.165) is 27.6 Å². The zero-order valence-electron chi connectivity index (χ0n) is 22.5. The van der Waals surface area contributed by atoms with E-state index in [1.165, 1.54) is 18.5 Å². The number of aliphatic carboxylic acids is 1. The van der Waals surface area contributed by atoms with Crippen molar-refractivity contribution in [2.75, 3.05) is 12.0 Å². The standard InChI is InChI=1S/C30H30N2O6S2/c1-29(2,39(3,35)36)24-15-22-8-5-13-31-28(22)25(16-24)21-7-4-6-20(14-21)23-9-10-26(32-18-23)40(37,38)19-30(11-12-30)17-27(33)34/h4-10,13-16,18H,11-12,17,19H2,1-3H3,(H,33,34). The number of aromatic nitrogens is 2. The molecule has 0 aliphatic heterocycles. The Morgan fingerprint density at radius 3 is 2.27 bits per heavy atom. The smallest absolute Gasteiger partial charge is 0.303 e. The Morgan fingerprint density at radius 1 is 0.925 bits per heavy atom. The van der Waals surface area contributed by atoms with E-state index < -0.39 is 35.8 Å². The molecule has 0 amide bonds.